The van der Waals surface area contributed by atoms with Crippen LogP contribution in [0, 0.1) is 0 Å². The minimum absolute atomic E-state index is 0.516. The Bertz CT molecular complexity index is 743. The number of rotatable bonds is 3. The number of hydrogen-bond donors (Lipinski definition) is 0. The van der Waals surface area contributed by atoms with Gasteiger partial charge < -0.3 is 4.90 Å². The largest absolute Gasteiger partial charge is 0.367 e. The molecule has 0 amide bonds. The van der Waals surface area contributed by atoms with Crippen molar-refractivity contribution < 1.29 is 0 Å². The second kappa shape index (κ2) is 7.59. The lowest BCUT2D eigenvalue weighted by atomic mass is 10.1. The van der Waals surface area contributed by atoms with Crippen molar-refractivity contribution in [3.8, 4) is 0 Å². The van der Waals surface area contributed by atoms with E-state index in [9.17, 15) is 0 Å². The Labute approximate surface area is 162 Å². The summed E-state index contributed by atoms with van der Waals surface area (Å²) in [5, 5.41) is 0.813. The van der Waals surface area contributed by atoms with Crippen LogP contribution in [0.2, 0.25) is 5.02 Å². The Morgan fingerprint density at radius 1 is 1.00 bits per heavy atom. The number of halogens is 1. The third-order valence-corrected chi connectivity index (χ3v) is 5.97. The highest BCUT2D eigenvalue weighted by atomic mass is 35.5. The Kier molecular flexibility index (Phi) is 5.21. The molecule has 1 atom stereocenters. The lowest BCUT2D eigenvalue weighted by molar-refractivity contribution is 0.0696. The quantitative estimate of drug-likeness (QED) is 0.800. The van der Waals surface area contributed by atoms with E-state index in [1.807, 2.05) is 12.1 Å². The molecule has 138 valence electrons. The highest BCUT2D eigenvalue weighted by molar-refractivity contribution is 6.30. The molecule has 0 N–H and O–H groups in total. The summed E-state index contributed by atoms with van der Waals surface area (Å²) in [5.74, 6) is 0. The molecule has 0 saturated carbocycles. The predicted molar refractivity (Wildman–Crippen MR) is 110 cm³/mol. The van der Waals surface area contributed by atoms with Crippen LogP contribution in [0.4, 0.5) is 5.69 Å². The molecule has 3 nitrogen and oxygen atoms in total. The standard InChI is InChI=1S/C22H28ClN3/c1-17(2)26-16-21-15-24(13-18-7-9-20(23)10-8-18)11-12-25(21)14-19-5-3-4-6-22(19)26/h3-10,17,21H,11-16H2,1-2H3. The molecule has 1 saturated heterocycles. The predicted octanol–water partition coefficient (Wildman–Crippen LogP) is 4.25. The van der Waals surface area contributed by atoms with Gasteiger partial charge in [0.05, 0.1) is 0 Å². The maximum atomic E-state index is 6.03. The number of benzene rings is 2. The summed E-state index contributed by atoms with van der Waals surface area (Å²) in [5.41, 5.74) is 4.23. The molecule has 26 heavy (non-hydrogen) atoms. The van der Waals surface area contributed by atoms with E-state index in [2.05, 4.69) is 64.9 Å². The first-order valence-corrected chi connectivity index (χ1v) is 10.0. The van der Waals surface area contributed by atoms with Gasteiger partial charge in [0, 0.05) is 62.1 Å². The minimum atomic E-state index is 0.516. The highest BCUT2D eigenvalue weighted by Gasteiger charge is 2.33. The van der Waals surface area contributed by atoms with Crippen molar-refractivity contribution in [1.29, 1.82) is 0 Å². The van der Waals surface area contributed by atoms with Crippen LogP contribution in [0.15, 0.2) is 48.5 Å². The van der Waals surface area contributed by atoms with Crippen LogP contribution in [0.1, 0.15) is 25.0 Å². The smallest absolute Gasteiger partial charge is 0.0414 e. The van der Waals surface area contributed by atoms with Gasteiger partial charge in [0.1, 0.15) is 0 Å². The zero-order valence-corrected chi connectivity index (χ0v) is 16.5. The van der Waals surface area contributed by atoms with Crippen LogP contribution >= 0.6 is 11.6 Å². The Morgan fingerprint density at radius 2 is 1.77 bits per heavy atom. The number of para-hydroxylation sites is 1. The van der Waals surface area contributed by atoms with Gasteiger partial charge in [-0.2, -0.15) is 0 Å². The molecule has 0 spiro atoms. The molecule has 0 aliphatic carbocycles. The first-order chi connectivity index (χ1) is 12.6. The molecule has 4 rings (SSSR count). The van der Waals surface area contributed by atoms with Crippen molar-refractivity contribution >= 4 is 17.3 Å². The van der Waals surface area contributed by atoms with Crippen LogP contribution in [-0.2, 0) is 13.1 Å². The number of hydrogen-bond acceptors (Lipinski definition) is 3. The Hall–Kier alpha value is -1.55. The first kappa shape index (κ1) is 17.8. The Morgan fingerprint density at radius 3 is 2.54 bits per heavy atom. The van der Waals surface area contributed by atoms with Gasteiger partial charge in [-0.3, -0.25) is 9.80 Å². The molecule has 4 heteroatoms. The monoisotopic (exact) mass is 369 g/mol. The Balaban J connectivity index is 1.51. The minimum Gasteiger partial charge on any atom is -0.367 e. The maximum Gasteiger partial charge on any atom is 0.0414 e. The number of anilines is 1. The summed E-state index contributed by atoms with van der Waals surface area (Å²) in [6.45, 7) is 11.2. The van der Waals surface area contributed by atoms with Gasteiger partial charge in [-0.15, -0.1) is 0 Å². The van der Waals surface area contributed by atoms with Crippen molar-refractivity contribution in [3.63, 3.8) is 0 Å². The fourth-order valence-corrected chi connectivity index (χ4v) is 4.41. The molecule has 2 aromatic rings. The molecule has 2 aliphatic heterocycles. The van der Waals surface area contributed by atoms with Crippen molar-refractivity contribution in [2.75, 3.05) is 31.1 Å². The molecular weight excluding hydrogens is 342 g/mol. The summed E-state index contributed by atoms with van der Waals surface area (Å²) >= 11 is 6.03. The zero-order valence-electron chi connectivity index (χ0n) is 15.7. The lowest BCUT2D eigenvalue weighted by Gasteiger charge is -2.42. The molecule has 2 aromatic carbocycles. The van der Waals surface area contributed by atoms with Crippen molar-refractivity contribution in [2.45, 2.75) is 39.0 Å². The molecule has 0 bridgehead atoms. The second-order valence-corrected chi connectivity index (χ2v) is 8.30. The number of fused-ring (bicyclic) bond motifs is 2. The van der Waals surface area contributed by atoms with Crippen molar-refractivity contribution in [3.05, 3.63) is 64.7 Å². The average molecular weight is 370 g/mol. The topological polar surface area (TPSA) is 9.72 Å². The van der Waals surface area contributed by atoms with Crippen LogP contribution in [0.25, 0.3) is 0 Å². The summed E-state index contributed by atoms with van der Waals surface area (Å²) in [6, 6.07) is 18.3. The van der Waals surface area contributed by atoms with Gasteiger partial charge in [-0.1, -0.05) is 41.9 Å². The van der Waals surface area contributed by atoms with E-state index in [1.54, 1.807) is 0 Å². The van der Waals surface area contributed by atoms with E-state index in [4.69, 9.17) is 11.6 Å². The van der Waals surface area contributed by atoms with Crippen molar-refractivity contribution in [1.82, 2.24) is 9.80 Å². The van der Waals surface area contributed by atoms with Crippen molar-refractivity contribution in [2.24, 2.45) is 0 Å². The van der Waals surface area contributed by atoms with E-state index in [-0.39, 0.29) is 0 Å². The molecule has 1 fully saturated rings. The lowest BCUT2D eigenvalue weighted by Crippen LogP contribution is -2.55. The third-order valence-electron chi connectivity index (χ3n) is 5.71. The summed E-state index contributed by atoms with van der Waals surface area (Å²) < 4.78 is 0. The van der Waals surface area contributed by atoms with Gasteiger partial charge in [-0.05, 0) is 43.2 Å². The highest BCUT2D eigenvalue weighted by Crippen LogP contribution is 2.30. The van der Waals surface area contributed by atoms with Gasteiger partial charge in [0.15, 0.2) is 0 Å². The molecule has 2 heterocycles. The first-order valence-electron chi connectivity index (χ1n) is 9.65. The van der Waals surface area contributed by atoms with Gasteiger partial charge in [0.2, 0.25) is 0 Å². The molecule has 0 aromatic heterocycles. The summed E-state index contributed by atoms with van der Waals surface area (Å²) in [6.07, 6.45) is 0. The normalized spacial score (nSPS) is 21.4. The zero-order chi connectivity index (χ0) is 18.1. The van der Waals surface area contributed by atoms with Crippen LogP contribution < -0.4 is 4.90 Å². The van der Waals surface area contributed by atoms with E-state index < -0.39 is 0 Å². The van der Waals surface area contributed by atoms with E-state index in [0.717, 1.165) is 44.3 Å². The number of nitrogens with zero attached hydrogens (tertiary/aromatic N) is 3. The third kappa shape index (κ3) is 3.75. The van der Waals surface area contributed by atoms with Crippen LogP contribution in [0.5, 0.6) is 0 Å². The molecular formula is C22H28ClN3. The van der Waals surface area contributed by atoms with Gasteiger partial charge >= 0.3 is 0 Å². The molecule has 0 radical (unpaired) electrons. The SMILES string of the molecule is CC(C)N1CC2CN(Cc3ccc(Cl)cc3)CCN2Cc2ccccc21. The van der Waals surface area contributed by atoms with E-state index >= 15 is 0 Å². The molecule has 2 aliphatic rings. The average Bonchev–Trinajstić information content (AvgIpc) is 2.80. The summed E-state index contributed by atoms with van der Waals surface area (Å²) in [7, 11) is 0. The fourth-order valence-electron chi connectivity index (χ4n) is 4.29. The van der Waals surface area contributed by atoms with E-state index in [0.29, 0.717) is 12.1 Å². The number of piperazine rings is 1. The molecule has 1 unspecified atom stereocenters. The van der Waals surface area contributed by atoms with Gasteiger partial charge in [0.25, 0.3) is 0 Å². The van der Waals surface area contributed by atoms with Gasteiger partial charge in [-0.25, -0.2) is 0 Å². The maximum absolute atomic E-state index is 6.03. The van der Waals surface area contributed by atoms with Crippen LogP contribution in [-0.4, -0.2) is 48.1 Å². The fraction of sp³-hybridized carbons (Fsp3) is 0.455. The second-order valence-electron chi connectivity index (χ2n) is 7.86. The van der Waals surface area contributed by atoms with Crippen LogP contribution in [0.3, 0.4) is 0 Å². The summed E-state index contributed by atoms with van der Waals surface area (Å²) in [4.78, 5) is 7.87. The van der Waals surface area contributed by atoms with E-state index in [1.165, 1.54) is 16.8 Å².